The van der Waals surface area contributed by atoms with E-state index in [-0.39, 0.29) is 18.9 Å². The summed E-state index contributed by atoms with van der Waals surface area (Å²) in [6.45, 7) is 7.46. The molecule has 0 N–H and O–H groups in total. The van der Waals surface area contributed by atoms with E-state index in [1.807, 2.05) is 44.2 Å². The van der Waals surface area contributed by atoms with Crippen molar-refractivity contribution < 1.29 is 23.9 Å². The number of ether oxygens (including phenoxy) is 2. The summed E-state index contributed by atoms with van der Waals surface area (Å²) in [6.07, 6.45) is -1.24. The maximum Gasteiger partial charge on any atom is 0.417 e. The Labute approximate surface area is 148 Å². The molecule has 0 bridgehead atoms. The lowest BCUT2D eigenvalue weighted by Crippen LogP contribution is -2.40. The first-order valence-corrected chi connectivity index (χ1v) is 8.61. The Hall–Kier alpha value is -2.37. The number of hydrogen-bond acceptors (Lipinski definition) is 5. The number of carbonyl (C=O) groups excluding carboxylic acids is 3. The zero-order chi connectivity index (χ0) is 18.6. The fraction of sp³-hybridized carbons (Fsp3) is 0.526. The SMILES string of the molecule is CCOC(=O)[C@H](CC(=O)N1C(=O)O[C@H](c2ccccc2)[C@@H]1C)C(C)C. The molecule has 1 aliphatic rings. The third-order valence-electron chi connectivity index (χ3n) is 4.46. The molecule has 1 aromatic carbocycles. The van der Waals surface area contributed by atoms with Crippen LogP contribution in [0.15, 0.2) is 30.3 Å². The quantitative estimate of drug-likeness (QED) is 0.738. The van der Waals surface area contributed by atoms with E-state index in [1.54, 1.807) is 13.8 Å². The van der Waals surface area contributed by atoms with Gasteiger partial charge in [-0.2, -0.15) is 0 Å². The van der Waals surface area contributed by atoms with E-state index in [0.29, 0.717) is 0 Å². The highest BCUT2D eigenvalue weighted by Crippen LogP contribution is 2.33. The summed E-state index contributed by atoms with van der Waals surface area (Å²) in [5, 5.41) is 0. The predicted molar refractivity (Wildman–Crippen MR) is 91.6 cm³/mol. The Morgan fingerprint density at radius 3 is 2.44 bits per heavy atom. The van der Waals surface area contributed by atoms with Gasteiger partial charge in [-0.1, -0.05) is 44.2 Å². The first-order chi connectivity index (χ1) is 11.9. The van der Waals surface area contributed by atoms with E-state index in [2.05, 4.69) is 0 Å². The summed E-state index contributed by atoms with van der Waals surface area (Å²) in [5.74, 6) is -1.47. The van der Waals surface area contributed by atoms with Gasteiger partial charge in [-0.25, -0.2) is 9.69 Å². The molecule has 25 heavy (non-hydrogen) atoms. The number of amides is 2. The van der Waals surface area contributed by atoms with Crippen LogP contribution in [0.4, 0.5) is 4.79 Å². The largest absolute Gasteiger partial charge is 0.466 e. The van der Waals surface area contributed by atoms with Crippen LogP contribution in [0.3, 0.4) is 0 Å². The topological polar surface area (TPSA) is 72.9 Å². The predicted octanol–water partition coefficient (Wildman–Crippen LogP) is 3.32. The number of nitrogens with zero attached hydrogens (tertiary/aromatic N) is 1. The minimum absolute atomic E-state index is 0.0677. The minimum Gasteiger partial charge on any atom is -0.466 e. The zero-order valence-electron chi connectivity index (χ0n) is 15.1. The van der Waals surface area contributed by atoms with E-state index >= 15 is 0 Å². The van der Waals surface area contributed by atoms with Crippen molar-refractivity contribution in [3.05, 3.63) is 35.9 Å². The van der Waals surface area contributed by atoms with Gasteiger partial charge in [0.05, 0.1) is 18.6 Å². The maximum atomic E-state index is 12.7. The Morgan fingerprint density at radius 2 is 1.88 bits per heavy atom. The molecular formula is C19H25NO5. The Kier molecular flexibility index (Phi) is 6.17. The van der Waals surface area contributed by atoms with Crippen LogP contribution in [0.1, 0.15) is 45.8 Å². The van der Waals surface area contributed by atoms with E-state index in [9.17, 15) is 14.4 Å². The lowest BCUT2D eigenvalue weighted by Gasteiger charge is -2.23. The van der Waals surface area contributed by atoms with Crippen molar-refractivity contribution in [3.8, 4) is 0 Å². The van der Waals surface area contributed by atoms with Gasteiger partial charge in [-0.3, -0.25) is 9.59 Å². The van der Waals surface area contributed by atoms with E-state index in [4.69, 9.17) is 9.47 Å². The highest BCUT2D eigenvalue weighted by molar-refractivity contribution is 5.95. The van der Waals surface area contributed by atoms with Gasteiger partial charge in [0.25, 0.3) is 0 Å². The fourth-order valence-electron chi connectivity index (χ4n) is 3.01. The van der Waals surface area contributed by atoms with E-state index in [0.717, 1.165) is 10.5 Å². The molecular weight excluding hydrogens is 322 g/mol. The summed E-state index contributed by atoms with van der Waals surface area (Å²) in [5.41, 5.74) is 0.837. The van der Waals surface area contributed by atoms with E-state index in [1.165, 1.54) is 0 Å². The molecule has 0 radical (unpaired) electrons. The van der Waals surface area contributed by atoms with Crippen molar-refractivity contribution in [2.45, 2.75) is 46.3 Å². The minimum atomic E-state index is -0.669. The van der Waals surface area contributed by atoms with Gasteiger partial charge < -0.3 is 9.47 Å². The molecule has 136 valence electrons. The number of imide groups is 1. The van der Waals surface area contributed by atoms with Gasteiger partial charge >= 0.3 is 12.1 Å². The van der Waals surface area contributed by atoms with Crippen molar-refractivity contribution >= 4 is 18.0 Å². The first-order valence-electron chi connectivity index (χ1n) is 8.61. The summed E-state index contributed by atoms with van der Waals surface area (Å²) >= 11 is 0. The summed E-state index contributed by atoms with van der Waals surface area (Å²) in [7, 11) is 0. The molecule has 2 amide bonds. The van der Waals surface area contributed by atoms with Gasteiger partial charge in [0.2, 0.25) is 5.91 Å². The highest BCUT2D eigenvalue weighted by Gasteiger charge is 2.44. The van der Waals surface area contributed by atoms with Crippen LogP contribution in [0, 0.1) is 11.8 Å². The summed E-state index contributed by atoms with van der Waals surface area (Å²) < 4.78 is 10.4. The number of carbonyl (C=O) groups is 3. The molecule has 0 aromatic heterocycles. The van der Waals surface area contributed by atoms with Crippen molar-refractivity contribution in [2.75, 3.05) is 6.61 Å². The second-order valence-corrected chi connectivity index (χ2v) is 6.53. The second-order valence-electron chi connectivity index (χ2n) is 6.53. The van der Waals surface area contributed by atoms with Crippen LogP contribution < -0.4 is 0 Å². The Balaban J connectivity index is 2.13. The molecule has 0 unspecified atom stereocenters. The molecule has 1 aliphatic heterocycles. The Morgan fingerprint density at radius 1 is 1.24 bits per heavy atom. The average Bonchev–Trinajstić information content (AvgIpc) is 2.87. The molecule has 6 heteroatoms. The average molecular weight is 347 g/mol. The molecule has 0 spiro atoms. The molecule has 0 aliphatic carbocycles. The standard InChI is InChI=1S/C19H25NO5/c1-5-24-18(22)15(12(2)3)11-16(21)20-13(4)17(25-19(20)23)14-9-7-6-8-10-14/h6-10,12-13,15,17H,5,11H2,1-4H3/t13-,15+,17-/m0/s1. The highest BCUT2D eigenvalue weighted by atomic mass is 16.6. The van der Waals surface area contributed by atoms with Crippen LogP contribution in [0.2, 0.25) is 0 Å². The molecule has 1 fully saturated rings. The van der Waals surface area contributed by atoms with Gasteiger partial charge in [0, 0.05) is 6.42 Å². The molecule has 6 nitrogen and oxygen atoms in total. The maximum absolute atomic E-state index is 12.7. The number of rotatable bonds is 6. The normalized spacial score (nSPS) is 21.2. The smallest absolute Gasteiger partial charge is 0.417 e. The van der Waals surface area contributed by atoms with Gasteiger partial charge in [-0.15, -0.1) is 0 Å². The van der Waals surface area contributed by atoms with Crippen LogP contribution in [-0.4, -0.2) is 35.5 Å². The number of hydrogen-bond donors (Lipinski definition) is 0. The van der Waals surface area contributed by atoms with Gasteiger partial charge in [-0.05, 0) is 25.3 Å². The van der Waals surface area contributed by atoms with Crippen LogP contribution >= 0.6 is 0 Å². The number of benzene rings is 1. The van der Waals surface area contributed by atoms with Crippen molar-refractivity contribution in [1.82, 2.24) is 4.90 Å². The molecule has 1 saturated heterocycles. The Bertz CT molecular complexity index is 628. The summed E-state index contributed by atoms with van der Waals surface area (Å²) in [4.78, 5) is 38.1. The summed E-state index contributed by atoms with van der Waals surface area (Å²) in [6, 6.07) is 8.87. The lowest BCUT2D eigenvalue weighted by atomic mass is 9.91. The van der Waals surface area contributed by atoms with E-state index < -0.39 is 36.0 Å². The molecule has 0 saturated carbocycles. The molecule has 2 rings (SSSR count). The van der Waals surface area contributed by atoms with Crippen molar-refractivity contribution in [3.63, 3.8) is 0 Å². The monoisotopic (exact) mass is 347 g/mol. The van der Waals surface area contributed by atoms with Gasteiger partial charge in [0.1, 0.15) is 6.10 Å². The molecule has 3 atom stereocenters. The fourth-order valence-corrected chi connectivity index (χ4v) is 3.01. The number of esters is 1. The van der Waals surface area contributed by atoms with Crippen LogP contribution in [0.5, 0.6) is 0 Å². The first kappa shape index (κ1) is 19.0. The second kappa shape index (κ2) is 8.14. The zero-order valence-corrected chi connectivity index (χ0v) is 15.1. The third kappa shape index (κ3) is 4.18. The van der Waals surface area contributed by atoms with Crippen molar-refractivity contribution in [1.29, 1.82) is 0 Å². The van der Waals surface area contributed by atoms with Crippen LogP contribution in [-0.2, 0) is 19.1 Å². The van der Waals surface area contributed by atoms with Crippen molar-refractivity contribution in [2.24, 2.45) is 11.8 Å². The molecule has 1 heterocycles. The van der Waals surface area contributed by atoms with Gasteiger partial charge in [0.15, 0.2) is 0 Å². The lowest BCUT2D eigenvalue weighted by molar-refractivity contribution is -0.152. The van der Waals surface area contributed by atoms with Crippen LogP contribution in [0.25, 0.3) is 0 Å². The molecule has 1 aromatic rings. The number of cyclic esters (lactones) is 1. The third-order valence-corrected chi connectivity index (χ3v) is 4.46.